The molecule has 1 atom stereocenters. The Kier molecular flexibility index (Phi) is 6.87. The maximum atomic E-state index is 12.0. The van der Waals surface area contributed by atoms with Crippen LogP contribution in [0.25, 0.3) is 0 Å². The Bertz CT molecular complexity index is 1020. The molecule has 3 N–H and O–H groups in total. The first-order valence-corrected chi connectivity index (χ1v) is 12.9. The quantitative estimate of drug-likeness (QED) is 0.496. The highest BCUT2D eigenvalue weighted by molar-refractivity contribution is 7.99. The van der Waals surface area contributed by atoms with Gasteiger partial charge in [-0.1, -0.05) is 0 Å². The van der Waals surface area contributed by atoms with Gasteiger partial charge in [-0.15, -0.1) is 0 Å². The molecule has 3 heterocycles. The van der Waals surface area contributed by atoms with Gasteiger partial charge in [0.2, 0.25) is 5.91 Å². The van der Waals surface area contributed by atoms with E-state index in [0.29, 0.717) is 11.2 Å². The summed E-state index contributed by atoms with van der Waals surface area (Å²) in [6.07, 6.45) is 4.71. The van der Waals surface area contributed by atoms with E-state index in [1.54, 1.807) is 0 Å². The van der Waals surface area contributed by atoms with Gasteiger partial charge in [0.1, 0.15) is 17.8 Å². The number of piperazine rings is 1. The molecule has 1 saturated carbocycles. The lowest BCUT2D eigenvalue weighted by atomic mass is 10.2. The summed E-state index contributed by atoms with van der Waals surface area (Å²) in [5, 5.41) is 11.2. The molecule has 2 fully saturated rings. The second-order valence-electron chi connectivity index (χ2n) is 9.27. The van der Waals surface area contributed by atoms with Gasteiger partial charge in [0, 0.05) is 67.4 Å². The standard InChI is InChI=1S/C24H32N8OS/c1-16(2)31-11-13-32(14-12-31)22-15-21(27-20-9-10-25-30-20)28-24(29-22)34-19-7-5-18(6-8-19)26-23(33)17-3-4-17/h5-8,10,15-17,20,30H,3-4,9,11-14H2,1-2H3,(H,26,33)(H,27,28,29). The van der Waals surface area contributed by atoms with Crippen LogP contribution >= 0.6 is 11.8 Å². The average molecular weight is 481 g/mol. The summed E-state index contributed by atoms with van der Waals surface area (Å²) in [6.45, 7) is 8.43. The van der Waals surface area contributed by atoms with Gasteiger partial charge < -0.3 is 15.5 Å². The van der Waals surface area contributed by atoms with E-state index >= 15 is 0 Å². The Labute approximate surface area is 204 Å². The van der Waals surface area contributed by atoms with Crippen molar-refractivity contribution in [1.82, 2.24) is 20.3 Å². The summed E-state index contributed by atoms with van der Waals surface area (Å²) in [4.78, 5) is 27.5. The molecule has 1 amide bonds. The van der Waals surface area contributed by atoms with Crippen LogP contribution in [-0.4, -0.2) is 65.4 Å². The van der Waals surface area contributed by atoms with E-state index in [4.69, 9.17) is 9.97 Å². The Hall–Kier alpha value is -2.85. The maximum absolute atomic E-state index is 12.0. The molecule has 1 saturated heterocycles. The largest absolute Gasteiger partial charge is 0.354 e. The minimum atomic E-state index is 0.0350. The molecule has 0 radical (unpaired) electrons. The van der Waals surface area contributed by atoms with E-state index < -0.39 is 0 Å². The van der Waals surface area contributed by atoms with Crippen molar-refractivity contribution in [2.24, 2.45) is 11.0 Å². The Morgan fingerprint density at radius 1 is 1.12 bits per heavy atom. The van der Waals surface area contributed by atoms with Gasteiger partial charge in [-0.25, -0.2) is 9.97 Å². The van der Waals surface area contributed by atoms with Crippen LogP contribution in [0.4, 0.5) is 17.3 Å². The van der Waals surface area contributed by atoms with Crippen molar-refractivity contribution in [2.75, 3.05) is 41.7 Å². The predicted octanol–water partition coefficient (Wildman–Crippen LogP) is 3.22. The van der Waals surface area contributed by atoms with Crippen molar-refractivity contribution >= 4 is 41.2 Å². The number of carbonyl (C=O) groups is 1. The number of nitrogens with zero attached hydrogens (tertiary/aromatic N) is 5. The summed E-state index contributed by atoms with van der Waals surface area (Å²) in [5.74, 6) is 2.04. The Morgan fingerprint density at radius 3 is 2.53 bits per heavy atom. The van der Waals surface area contributed by atoms with Crippen molar-refractivity contribution in [3.63, 3.8) is 0 Å². The molecule has 0 bridgehead atoms. The molecule has 3 aliphatic rings. The summed E-state index contributed by atoms with van der Waals surface area (Å²) in [6, 6.07) is 10.5. The van der Waals surface area contributed by atoms with Gasteiger partial charge in [0.05, 0.1) is 0 Å². The lowest BCUT2D eigenvalue weighted by molar-refractivity contribution is -0.117. The molecular formula is C24H32N8OS. The van der Waals surface area contributed by atoms with Crippen LogP contribution in [0.3, 0.4) is 0 Å². The van der Waals surface area contributed by atoms with E-state index in [1.807, 2.05) is 36.5 Å². The van der Waals surface area contributed by atoms with Crippen LogP contribution in [0, 0.1) is 5.92 Å². The molecule has 10 heteroatoms. The molecule has 1 unspecified atom stereocenters. The summed E-state index contributed by atoms with van der Waals surface area (Å²) in [5.41, 5.74) is 3.89. The molecular weight excluding hydrogens is 448 g/mol. The zero-order valence-electron chi connectivity index (χ0n) is 19.7. The molecule has 0 spiro atoms. The first-order chi connectivity index (χ1) is 16.5. The third-order valence-corrected chi connectivity index (χ3v) is 7.20. The summed E-state index contributed by atoms with van der Waals surface area (Å²) < 4.78 is 0. The average Bonchev–Trinajstić information content (AvgIpc) is 3.58. The Morgan fingerprint density at radius 2 is 1.88 bits per heavy atom. The van der Waals surface area contributed by atoms with Gasteiger partial charge >= 0.3 is 0 Å². The lowest BCUT2D eigenvalue weighted by Gasteiger charge is -2.37. The number of nitrogens with one attached hydrogen (secondary N) is 3. The number of carbonyl (C=O) groups excluding carboxylic acids is 1. The third-order valence-electron chi connectivity index (χ3n) is 6.32. The number of aromatic nitrogens is 2. The van der Waals surface area contributed by atoms with E-state index in [-0.39, 0.29) is 18.0 Å². The first kappa shape index (κ1) is 22.9. The van der Waals surface area contributed by atoms with Crippen molar-refractivity contribution in [2.45, 2.75) is 55.4 Å². The smallest absolute Gasteiger partial charge is 0.227 e. The van der Waals surface area contributed by atoms with Crippen LogP contribution in [0.1, 0.15) is 33.1 Å². The van der Waals surface area contributed by atoms with Gasteiger partial charge in [0.25, 0.3) is 0 Å². The molecule has 2 aliphatic heterocycles. The normalized spacial score (nSPS) is 20.4. The summed E-state index contributed by atoms with van der Waals surface area (Å²) >= 11 is 1.53. The van der Waals surface area contributed by atoms with E-state index in [2.05, 4.69) is 44.8 Å². The second-order valence-corrected chi connectivity index (χ2v) is 10.3. The summed E-state index contributed by atoms with van der Waals surface area (Å²) in [7, 11) is 0. The highest BCUT2D eigenvalue weighted by Crippen LogP contribution is 2.32. The van der Waals surface area contributed by atoms with Crippen LogP contribution in [-0.2, 0) is 4.79 Å². The Balaban J connectivity index is 1.30. The van der Waals surface area contributed by atoms with Crippen molar-refractivity contribution in [3.8, 4) is 0 Å². The number of amides is 1. The number of hydrogen-bond acceptors (Lipinski definition) is 9. The molecule has 2 aromatic rings. The molecule has 180 valence electrons. The van der Waals surface area contributed by atoms with Gasteiger partial charge in [0.15, 0.2) is 5.16 Å². The predicted molar refractivity (Wildman–Crippen MR) is 137 cm³/mol. The minimum Gasteiger partial charge on any atom is -0.354 e. The molecule has 9 nitrogen and oxygen atoms in total. The van der Waals surface area contributed by atoms with Crippen molar-refractivity contribution < 1.29 is 4.79 Å². The highest BCUT2D eigenvalue weighted by atomic mass is 32.2. The first-order valence-electron chi connectivity index (χ1n) is 12.0. The number of anilines is 3. The number of hydrazone groups is 1. The fraction of sp³-hybridized carbons (Fsp3) is 0.500. The molecule has 1 aromatic carbocycles. The number of rotatable bonds is 8. The lowest BCUT2D eigenvalue weighted by Crippen LogP contribution is -2.49. The van der Waals surface area contributed by atoms with Crippen molar-refractivity contribution in [3.05, 3.63) is 30.3 Å². The van der Waals surface area contributed by atoms with Crippen LogP contribution in [0.5, 0.6) is 0 Å². The van der Waals surface area contributed by atoms with Crippen LogP contribution in [0.15, 0.2) is 45.5 Å². The van der Waals surface area contributed by atoms with Crippen LogP contribution in [0.2, 0.25) is 0 Å². The third kappa shape index (κ3) is 5.79. The van der Waals surface area contributed by atoms with Gasteiger partial charge in [-0.2, -0.15) is 5.10 Å². The topological polar surface area (TPSA) is 97.8 Å². The van der Waals surface area contributed by atoms with E-state index in [0.717, 1.165) is 67.7 Å². The molecule has 34 heavy (non-hydrogen) atoms. The maximum Gasteiger partial charge on any atom is 0.227 e. The molecule has 1 aliphatic carbocycles. The second kappa shape index (κ2) is 10.2. The van der Waals surface area contributed by atoms with E-state index in [9.17, 15) is 4.79 Å². The zero-order chi connectivity index (χ0) is 23.5. The fourth-order valence-corrected chi connectivity index (χ4v) is 4.85. The SMILES string of the molecule is CC(C)N1CCN(c2cc(NC3CC=NN3)nc(Sc3ccc(NC(=O)C4CC4)cc3)n2)CC1. The number of hydrogen-bond donors (Lipinski definition) is 3. The van der Waals surface area contributed by atoms with Gasteiger partial charge in [-0.05, 0) is 62.7 Å². The monoisotopic (exact) mass is 480 g/mol. The number of benzene rings is 1. The molecule has 1 aromatic heterocycles. The van der Waals surface area contributed by atoms with E-state index in [1.165, 1.54) is 11.8 Å². The fourth-order valence-electron chi connectivity index (χ4n) is 4.09. The van der Waals surface area contributed by atoms with Crippen molar-refractivity contribution in [1.29, 1.82) is 0 Å². The zero-order valence-corrected chi connectivity index (χ0v) is 20.5. The molecule has 5 rings (SSSR count). The minimum absolute atomic E-state index is 0.0350. The van der Waals surface area contributed by atoms with Crippen LogP contribution < -0.4 is 21.0 Å². The van der Waals surface area contributed by atoms with Gasteiger partial charge in [-0.3, -0.25) is 15.1 Å². The highest BCUT2D eigenvalue weighted by Gasteiger charge is 2.29.